The van der Waals surface area contributed by atoms with E-state index in [0.717, 1.165) is 30.1 Å². The normalized spacial score (nSPS) is 16.1. The minimum Gasteiger partial charge on any atom is -0.289 e. The molecule has 1 fully saturated rings. The highest BCUT2D eigenvalue weighted by atomic mass is 32.1. The highest BCUT2D eigenvalue weighted by molar-refractivity contribution is 7.08. The Morgan fingerprint density at radius 3 is 3.00 bits per heavy atom. The van der Waals surface area contributed by atoms with Crippen LogP contribution < -0.4 is 11.3 Å². The largest absolute Gasteiger partial charge is 0.289 e. The third-order valence-electron chi connectivity index (χ3n) is 1.81. The van der Waals surface area contributed by atoms with Gasteiger partial charge >= 0.3 is 0 Å². The van der Waals surface area contributed by atoms with Gasteiger partial charge in [-0.1, -0.05) is 4.49 Å². The molecule has 1 aromatic heterocycles. The van der Waals surface area contributed by atoms with E-state index in [1.165, 1.54) is 0 Å². The zero-order chi connectivity index (χ0) is 8.55. The number of nitrogen functional groups attached to an aromatic ring is 1. The van der Waals surface area contributed by atoms with Crippen LogP contribution in [0.1, 0.15) is 34.1 Å². The van der Waals surface area contributed by atoms with Crippen molar-refractivity contribution in [3.63, 3.8) is 0 Å². The number of carbonyl (C=O) groups is 1. The topological polar surface area (TPSA) is 80.9 Å². The van der Waals surface area contributed by atoms with Crippen LogP contribution in [0.4, 0.5) is 0 Å². The highest BCUT2D eigenvalue weighted by Gasteiger charge is 2.31. The van der Waals surface area contributed by atoms with Crippen molar-refractivity contribution in [3.05, 3.63) is 10.6 Å². The monoisotopic (exact) mass is 184 g/mol. The molecule has 12 heavy (non-hydrogen) atoms. The summed E-state index contributed by atoms with van der Waals surface area (Å²) in [4.78, 5) is 11.7. The SMILES string of the molecule is NNC(=O)c1snnc1C1CC1. The summed E-state index contributed by atoms with van der Waals surface area (Å²) in [6.45, 7) is 0. The van der Waals surface area contributed by atoms with Gasteiger partial charge in [0.2, 0.25) is 0 Å². The summed E-state index contributed by atoms with van der Waals surface area (Å²) in [6.07, 6.45) is 2.21. The summed E-state index contributed by atoms with van der Waals surface area (Å²) in [5, 5.41) is 3.90. The van der Waals surface area contributed by atoms with Gasteiger partial charge in [-0.2, -0.15) is 0 Å². The van der Waals surface area contributed by atoms with Crippen molar-refractivity contribution in [1.82, 2.24) is 15.0 Å². The first-order chi connectivity index (χ1) is 5.83. The van der Waals surface area contributed by atoms with E-state index in [0.29, 0.717) is 10.8 Å². The quantitative estimate of drug-likeness (QED) is 0.385. The molecule has 1 aliphatic carbocycles. The summed E-state index contributed by atoms with van der Waals surface area (Å²) in [5.41, 5.74) is 2.89. The molecule has 0 spiro atoms. The smallest absolute Gasteiger partial charge is 0.278 e. The Morgan fingerprint density at radius 2 is 2.42 bits per heavy atom. The van der Waals surface area contributed by atoms with E-state index in [-0.39, 0.29) is 5.91 Å². The van der Waals surface area contributed by atoms with E-state index in [9.17, 15) is 4.79 Å². The number of aromatic nitrogens is 2. The number of hydrogen-bond donors (Lipinski definition) is 2. The lowest BCUT2D eigenvalue weighted by Crippen LogP contribution is -2.30. The molecule has 0 unspecified atom stereocenters. The number of nitrogens with one attached hydrogen (secondary N) is 1. The number of nitrogens with zero attached hydrogens (tertiary/aromatic N) is 2. The van der Waals surface area contributed by atoms with Gasteiger partial charge in [-0.05, 0) is 24.4 Å². The molecule has 0 saturated heterocycles. The summed E-state index contributed by atoms with van der Waals surface area (Å²) in [5.74, 6) is 5.16. The lowest BCUT2D eigenvalue weighted by molar-refractivity contribution is 0.0956. The van der Waals surface area contributed by atoms with Crippen molar-refractivity contribution < 1.29 is 4.79 Å². The van der Waals surface area contributed by atoms with E-state index < -0.39 is 0 Å². The Labute approximate surface area is 73.1 Å². The van der Waals surface area contributed by atoms with Crippen LogP contribution in [0.3, 0.4) is 0 Å². The molecule has 5 nitrogen and oxygen atoms in total. The third-order valence-corrected chi connectivity index (χ3v) is 2.56. The maximum atomic E-state index is 11.1. The van der Waals surface area contributed by atoms with Crippen LogP contribution in [-0.4, -0.2) is 15.5 Å². The van der Waals surface area contributed by atoms with Gasteiger partial charge in [0.15, 0.2) is 0 Å². The van der Waals surface area contributed by atoms with Crippen molar-refractivity contribution in [3.8, 4) is 0 Å². The molecule has 1 heterocycles. The molecule has 0 atom stereocenters. The fraction of sp³-hybridized carbons (Fsp3) is 0.500. The van der Waals surface area contributed by atoms with Gasteiger partial charge in [-0.3, -0.25) is 10.2 Å². The number of rotatable bonds is 2. The second-order valence-corrected chi connectivity index (χ2v) is 3.49. The maximum absolute atomic E-state index is 11.1. The summed E-state index contributed by atoms with van der Waals surface area (Å²) in [6, 6.07) is 0. The molecule has 3 N–H and O–H groups in total. The number of carbonyl (C=O) groups excluding carboxylic acids is 1. The number of amides is 1. The van der Waals surface area contributed by atoms with E-state index in [4.69, 9.17) is 5.84 Å². The molecule has 1 saturated carbocycles. The predicted octanol–water partition coefficient (Wildman–Crippen LogP) is 0.0190. The maximum Gasteiger partial charge on any atom is 0.278 e. The minimum absolute atomic E-state index is 0.285. The zero-order valence-corrected chi connectivity index (χ0v) is 7.10. The Morgan fingerprint density at radius 1 is 1.67 bits per heavy atom. The van der Waals surface area contributed by atoms with E-state index in [1.807, 2.05) is 0 Å². The number of hydrazine groups is 1. The summed E-state index contributed by atoms with van der Waals surface area (Å²) >= 11 is 1.10. The van der Waals surface area contributed by atoms with Crippen LogP contribution in [0, 0.1) is 0 Å². The van der Waals surface area contributed by atoms with Crippen molar-refractivity contribution in [2.24, 2.45) is 5.84 Å². The first kappa shape index (κ1) is 7.63. The zero-order valence-electron chi connectivity index (χ0n) is 6.28. The van der Waals surface area contributed by atoms with Crippen molar-refractivity contribution in [1.29, 1.82) is 0 Å². The average Bonchev–Trinajstić information content (AvgIpc) is 2.83. The molecule has 2 rings (SSSR count). The predicted molar refractivity (Wildman–Crippen MR) is 43.5 cm³/mol. The Bertz CT molecular complexity index is 306. The number of nitrogens with two attached hydrogens (primary N) is 1. The molecule has 0 radical (unpaired) electrons. The number of hydrogen-bond acceptors (Lipinski definition) is 5. The van der Waals surface area contributed by atoms with Crippen LogP contribution in [0.2, 0.25) is 0 Å². The summed E-state index contributed by atoms with van der Waals surface area (Å²) < 4.78 is 3.73. The van der Waals surface area contributed by atoms with Gasteiger partial charge in [0, 0.05) is 5.92 Å². The van der Waals surface area contributed by atoms with Crippen molar-refractivity contribution >= 4 is 17.4 Å². The fourth-order valence-electron chi connectivity index (χ4n) is 1.04. The molecular formula is C6H8N4OS. The van der Waals surface area contributed by atoms with Gasteiger partial charge in [-0.15, -0.1) is 5.10 Å². The molecule has 1 aromatic rings. The van der Waals surface area contributed by atoms with E-state index >= 15 is 0 Å². The molecule has 0 aliphatic heterocycles. The molecule has 1 amide bonds. The van der Waals surface area contributed by atoms with Crippen LogP contribution in [0.25, 0.3) is 0 Å². The molecule has 64 valence electrons. The second kappa shape index (κ2) is 2.80. The second-order valence-electron chi connectivity index (χ2n) is 2.74. The molecule has 6 heteroatoms. The Kier molecular flexibility index (Phi) is 1.78. The molecule has 0 aromatic carbocycles. The van der Waals surface area contributed by atoms with Gasteiger partial charge < -0.3 is 0 Å². The average molecular weight is 184 g/mol. The van der Waals surface area contributed by atoms with Crippen LogP contribution in [0.5, 0.6) is 0 Å². The van der Waals surface area contributed by atoms with Gasteiger partial charge in [-0.25, -0.2) is 5.84 Å². The van der Waals surface area contributed by atoms with Crippen LogP contribution >= 0.6 is 11.5 Å². The summed E-state index contributed by atoms with van der Waals surface area (Å²) in [7, 11) is 0. The van der Waals surface area contributed by atoms with Crippen molar-refractivity contribution in [2.75, 3.05) is 0 Å². The lowest BCUT2D eigenvalue weighted by atomic mass is 10.2. The van der Waals surface area contributed by atoms with Gasteiger partial charge in [0.25, 0.3) is 5.91 Å². The van der Waals surface area contributed by atoms with Crippen molar-refractivity contribution in [2.45, 2.75) is 18.8 Å². The van der Waals surface area contributed by atoms with E-state index in [2.05, 4.69) is 15.0 Å². The van der Waals surface area contributed by atoms with Crippen LogP contribution in [-0.2, 0) is 0 Å². The lowest BCUT2D eigenvalue weighted by Gasteiger charge is -1.95. The van der Waals surface area contributed by atoms with Gasteiger partial charge in [0.1, 0.15) is 4.88 Å². The minimum atomic E-state index is -0.285. The fourth-order valence-corrected chi connectivity index (χ4v) is 1.70. The highest BCUT2D eigenvalue weighted by Crippen LogP contribution is 2.41. The molecule has 1 aliphatic rings. The Balaban J connectivity index is 2.29. The first-order valence-electron chi connectivity index (χ1n) is 3.66. The van der Waals surface area contributed by atoms with E-state index in [1.54, 1.807) is 0 Å². The molecule has 0 bridgehead atoms. The molecular weight excluding hydrogens is 176 g/mol. The third kappa shape index (κ3) is 1.19. The van der Waals surface area contributed by atoms with Crippen LogP contribution in [0.15, 0.2) is 0 Å². The first-order valence-corrected chi connectivity index (χ1v) is 4.43. The Hall–Kier alpha value is -1.01. The van der Waals surface area contributed by atoms with Gasteiger partial charge in [0.05, 0.1) is 5.69 Å². The standard InChI is InChI=1S/C6H8N4OS/c7-8-6(11)5-4(3-1-2-3)9-10-12-5/h3H,1-2,7H2,(H,8,11).